The zero-order valence-corrected chi connectivity index (χ0v) is 22.9. The van der Waals surface area contributed by atoms with Crippen LogP contribution >= 0.6 is 11.8 Å². The quantitative estimate of drug-likeness (QED) is 0.208. The summed E-state index contributed by atoms with van der Waals surface area (Å²) in [5, 5.41) is 3.58. The lowest BCUT2D eigenvalue weighted by atomic mass is 9.91. The number of hydrogen-bond donors (Lipinski definition) is 0. The van der Waals surface area contributed by atoms with Gasteiger partial charge in [0.25, 0.3) is 0 Å². The summed E-state index contributed by atoms with van der Waals surface area (Å²) in [7, 11) is 0. The molecule has 2 heteroatoms. The number of para-hydroxylation sites is 2. The molecule has 2 heterocycles. The molecule has 0 spiro atoms. The minimum Gasteiger partial charge on any atom is -0.309 e. The van der Waals surface area contributed by atoms with Gasteiger partial charge in [-0.25, -0.2) is 0 Å². The van der Waals surface area contributed by atoms with Crippen LogP contribution in [0.2, 0.25) is 0 Å². The van der Waals surface area contributed by atoms with Crippen molar-refractivity contribution < 1.29 is 12.3 Å². The van der Waals surface area contributed by atoms with Crippen LogP contribution in [0.25, 0.3) is 71.6 Å². The molecule has 9 rings (SSSR count). The van der Waals surface area contributed by atoms with Gasteiger partial charge in [0.05, 0.1) is 23.4 Å². The van der Waals surface area contributed by atoms with E-state index in [1.54, 1.807) is 17.8 Å². The maximum atomic E-state index is 9.31. The number of nitrogens with zero attached hydrogens (tertiary/aromatic N) is 1. The predicted molar refractivity (Wildman–Crippen MR) is 179 cm³/mol. The first kappa shape index (κ1) is 16.4. The van der Waals surface area contributed by atoms with Crippen molar-refractivity contribution in [1.82, 2.24) is 4.57 Å². The zero-order chi connectivity index (χ0) is 35.5. The Bertz CT molecular complexity index is 2730. The van der Waals surface area contributed by atoms with Crippen molar-refractivity contribution in [1.29, 1.82) is 0 Å². The highest BCUT2D eigenvalue weighted by Gasteiger charge is 2.21. The molecule has 0 aliphatic carbocycles. The summed E-state index contributed by atoms with van der Waals surface area (Å²) in [6.07, 6.45) is 0. The molecule has 0 amide bonds. The lowest BCUT2D eigenvalue weighted by molar-refractivity contribution is 1.18. The van der Waals surface area contributed by atoms with Crippen molar-refractivity contribution in [2.45, 2.75) is 9.79 Å². The second-order valence-electron chi connectivity index (χ2n) is 10.2. The highest BCUT2D eigenvalue weighted by molar-refractivity contribution is 7.99. The van der Waals surface area contributed by atoms with E-state index in [9.17, 15) is 5.48 Å². The molecule has 0 unspecified atom stereocenters. The Labute approximate surface area is 261 Å². The Morgan fingerprint density at radius 1 is 0.476 bits per heavy atom. The molecule has 0 radical (unpaired) electrons. The molecule has 7 aromatic carbocycles. The van der Waals surface area contributed by atoms with Crippen LogP contribution in [0.4, 0.5) is 0 Å². The van der Waals surface area contributed by atoms with Gasteiger partial charge in [-0.2, -0.15) is 0 Å². The third kappa shape index (κ3) is 3.52. The van der Waals surface area contributed by atoms with Gasteiger partial charge in [-0.05, 0) is 81.2 Å². The summed E-state index contributed by atoms with van der Waals surface area (Å²) in [5.41, 5.74) is 4.91. The van der Waals surface area contributed by atoms with E-state index in [1.807, 2.05) is 95.6 Å². The molecule has 1 aliphatic rings. The highest BCUT2D eigenvalue weighted by Crippen LogP contribution is 2.50. The molecular formula is C40H25NS. The average Bonchev–Trinajstić information content (AvgIpc) is 3.47. The first-order valence-electron chi connectivity index (χ1n) is 18.1. The number of fused-ring (bicyclic) bond motifs is 5. The lowest BCUT2D eigenvalue weighted by Gasteiger charge is -2.22. The fourth-order valence-electron chi connectivity index (χ4n) is 6.12. The minimum atomic E-state index is -0.439. The Morgan fingerprint density at radius 3 is 1.93 bits per heavy atom. The van der Waals surface area contributed by atoms with Gasteiger partial charge in [0, 0.05) is 31.6 Å². The van der Waals surface area contributed by atoms with Crippen LogP contribution < -0.4 is 0 Å². The first-order valence-corrected chi connectivity index (χ1v) is 14.4. The summed E-state index contributed by atoms with van der Waals surface area (Å²) >= 11 is 1.55. The van der Waals surface area contributed by atoms with Gasteiger partial charge in [0.2, 0.25) is 0 Å². The van der Waals surface area contributed by atoms with Gasteiger partial charge in [0.1, 0.15) is 0 Å². The number of hydrogen-bond acceptors (Lipinski definition) is 1. The van der Waals surface area contributed by atoms with Crippen LogP contribution in [0.1, 0.15) is 12.3 Å². The topological polar surface area (TPSA) is 4.93 Å². The van der Waals surface area contributed by atoms with Gasteiger partial charge in [-0.15, -0.1) is 0 Å². The maximum Gasteiger partial charge on any atom is 0.0645 e. The highest BCUT2D eigenvalue weighted by atomic mass is 32.2. The van der Waals surface area contributed by atoms with Crippen LogP contribution in [-0.2, 0) is 0 Å². The SMILES string of the molecule is [2H]c1c([2H])c([2H])c(-c2ccc3c(c2)-c2cccc4c(-c5c([2H])c([2H])c(-n6c7ccccc7c7ccccc76)c([2H])c5[2H])ccc(c24)S3)c([2H])c1[2H]. The van der Waals surface area contributed by atoms with Crippen LogP contribution in [0.3, 0.4) is 0 Å². The molecule has 1 aromatic heterocycles. The van der Waals surface area contributed by atoms with Crippen molar-refractivity contribution in [3.8, 4) is 39.1 Å². The normalized spacial score (nSPS) is 15.2. The maximum absolute atomic E-state index is 9.31. The molecule has 196 valence electrons. The molecular weight excluding hydrogens is 527 g/mol. The average molecular weight is 561 g/mol. The Hall–Kier alpha value is -5.05. The Kier molecular flexibility index (Phi) is 3.61. The van der Waals surface area contributed by atoms with Gasteiger partial charge >= 0.3 is 0 Å². The number of rotatable bonds is 3. The molecule has 42 heavy (non-hydrogen) atoms. The van der Waals surface area contributed by atoms with Crippen LogP contribution in [0.5, 0.6) is 0 Å². The summed E-state index contributed by atoms with van der Waals surface area (Å²) in [6.45, 7) is 0. The zero-order valence-electron chi connectivity index (χ0n) is 31.1. The fraction of sp³-hybridized carbons (Fsp3) is 0. The number of benzene rings is 7. The van der Waals surface area contributed by atoms with E-state index in [4.69, 9.17) is 6.85 Å². The third-order valence-corrected chi connectivity index (χ3v) is 9.10. The lowest BCUT2D eigenvalue weighted by Crippen LogP contribution is -1.96. The Balaban J connectivity index is 1.26. The Morgan fingerprint density at radius 2 is 1.17 bits per heavy atom. The van der Waals surface area contributed by atoms with E-state index < -0.39 is 6.04 Å². The van der Waals surface area contributed by atoms with E-state index in [0.29, 0.717) is 11.1 Å². The second kappa shape index (κ2) is 9.24. The molecule has 0 atom stereocenters. The van der Waals surface area contributed by atoms with Crippen LogP contribution in [0, 0.1) is 0 Å². The molecule has 1 aliphatic heterocycles. The van der Waals surface area contributed by atoms with Crippen molar-refractivity contribution in [3.63, 3.8) is 0 Å². The molecule has 1 nitrogen and oxygen atoms in total. The summed E-state index contributed by atoms with van der Waals surface area (Å²) in [6, 6.07) is 28.4. The first-order chi connectivity index (χ1) is 24.6. The third-order valence-electron chi connectivity index (χ3n) is 7.97. The minimum absolute atomic E-state index is 0.132. The molecule has 0 saturated carbocycles. The second-order valence-corrected chi connectivity index (χ2v) is 11.3. The van der Waals surface area contributed by atoms with Crippen molar-refractivity contribution >= 4 is 44.3 Å². The summed E-state index contributed by atoms with van der Waals surface area (Å²) in [5.74, 6) is 0. The van der Waals surface area contributed by atoms with E-state index in [-0.39, 0.29) is 65.2 Å². The van der Waals surface area contributed by atoms with E-state index in [2.05, 4.69) is 0 Å². The molecule has 8 aromatic rings. The van der Waals surface area contributed by atoms with Gasteiger partial charge in [-0.1, -0.05) is 121 Å². The van der Waals surface area contributed by atoms with Crippen LogP contribution in [-0.4, -0.2) is 4.57 Å². The largest absolute Gasteiger partial charge is 0.309 e. The smallest absolute Gasteiger partial charge is 0.0645 e. The van der Waals surface area contributed by atoms with Crippen molar-refractivity contribution in [2.75, 3.05) is 0 Å². The summed E-state index contributed by atoms with van der Waals surface area (Å²) < 4.78 is 80.5. The molecule has 0 fully saturated rings. The summed E-state index contributed by atoms with van der Waals surface area (Å²) in [4.78, 5) is 1.91. The molecule has 0 bridgehead atoms. The van der Waals surface area contributed by atoms with Gasteiger partial charge in [-0.3, -0.25) is 0 Å². The van der Waals surface area contributed by atoms with Crippen LogP contribution in [0.15, 0.2) is 161 Å². The fourth-order valence-corrected chi connectivity index (χ4v) is 7.23. The predicted octanol–water partition coefficient (Wildman–Crippen LogP) is 11.4. The monoisotopic (exact) mass is 560 g/mol. The van der Waals surface area contributed by atoms with Crippen molar-refractivity contribution in [3.05, 3.63) is 151 Å². The van der Waals surface area contributed by atoms with Gasteiger partial charge < -0.3 is 4.57 Å². The molecule has 0 N–H and O–H groups in total. The van der Waals surface area contributed by atoms with Gasteiger partial charge in [0.15, 0.2) is 0 Å². The van der Waals surface area contributed by atoms with E-state index >= 15 is 0 Å². The van der Waals surface area contributed by atoms with Crippen molar-refractivity contribution in [2.24, 2.45) is 0 Å². The standard InChI is InChI=1S/C40H25NS/c1-2-9-26(10-3-1)28-19-23-38-35(25-28)34-14-8-13-33-30(22-24-39(42-38)40(33)34)27-17-20-29(21-18-27)41-36-15-6-4-11-31(36)32-12-5-7-16-37(32)41/h1-25H/i1D,2D,3D,9D,10D,17D,18D,20D,21D. The number of aromatic nitrogens is 1. The molecule has 0 saturated heterocycles. The van der Waals surface area contributed by atoms with E-state index in [1.165, 1.54) is 0 Å². The van der Waals surface area contributed by atoms with E-state index in [0.717, 1.165) is 53.5 Å².